The predicted molar refractivity (Wildman–Crippen MR) is 98.9 cm³/mol. The topological polar surface area (TPSA) is 70.7 Å². The summed E-state index contributed by atoms with van der Waals surface area (Å²) < 4.78 is 5.48. The Labute approximate surface area is 153 Å². The van der Waals surface area contributed by atoms with Crippen molar-refractivity contribution in [1.82, 2.24) is 10.2 Å². The number of benzene rings is 1. The minimum atomic E-state index is -0.167. The lowest BCUT2D eigenvalue weighted by atomic mass is 10.2. The molecule has 1 aromatic carbocycles. The fourth-order valence-corrected chi connectivity index (χ4v) is 2.87. The van der Waals surface area contributed by atoms with Crippen LogP contribution >= 0.6 is 11.6 Å². The van der Waals surface area contributed by atoms with Crippen molar-refractivity contribution in [2.24, 2.45) is 0 Å². The van der Waals surface area contributed by atoms with Gasteiger partial charge in [-0.3, -0.25) is 14.5 Å². The van der Waals surface area contributed by atoms with Crippen LogP contribution in [0.3, 0.4) is 0 Å². The number of anilines is 1. The molecule has 0 aromatic heterocycles. The maximum atomic E-state index is 12.2. The maximum Gasteiger partial charge on any atom is 0.238 e. The van der Waals surface area contributed by atoms with Gasteiger partial charge in [0.25, 0.3) is 0 Å². The van der Waals surface area contributed by atoms with Gasteiger partial charge in [0.2, 0.25) is 11.8 Å². The summed E-state index contributed by atoms with van der Waals surface area (Å²) >= 11 is 5.97. The van der Waals surface area contributed by atoms with Gasteiger partial charge in [-0.25, -0.2) is 0 Å². The molecular formula is C18H26ClN3O3. The summed E-state index contributed by atoms with van der Waals surface area (Å²) in [6.07, 6.45) is 2.15. The van der Waals surface area contributed by atoms with Crippen LogP contribution in [0, 0.1) is 6.92 Å². The predicted octanol–water partition coefficient (Wildman–Crippen LogP) is 2.20. The fourth-order valence-electron chi connectivity index (χ4n) is 2.69. The third-order valence-electron chi connectivity index (χ3n) is 4.21. The number of rotatable bonds is 8. The largest absolute Gasteiger partial charge is 0.376 e. The third-order valence-corrected chi connectivity index (χ3v) is 4.44. The highest BCUT2D eigenvalue weighted by molar-refractivity contribution is 6.31. The van der Waals surface area contributed by atoms with Gasteiger partial charge >= 0.3 is 0 Å². The molecule has 1 fully saturated rings. The molecule has 1 aromatic rings. The number of amides is 2. The molecular weight excluding hydrogens is 342 g/mol. The Balaban J connectivity index is 1.78. The zero-order valence-corrected chi connectivity index (χ0v) is 15.6. The highest BCUT2D eigenvalue weighted by Gasteiger charge is 2.18. The maximum absolute atomic E-state index is 12.2. The van der Waals surface area contributed by atoms with Crippen molar-refractivity contribution in [2.75, 3.05) is 38.1 Å². The van der Waals surface area contributed by atoms with Crippen molar-refractivity contribution in [3.63, 3.8) is 0 Å². The SMILES string of the molecule is CCN(CC(=O)NC[C@@H]1CCCO1)CC(=O)Nc1cc(Cl)ccc1C. The van der Waals surface area contributed by atoms with Crippen LogP contribution in [-0.2, 0) is 14.3 Å². The highest BCUT2D eigenvalue weighted by atomic mass is 35.5. The molecule has 0 radical (unpaired) electrons. The zero-order valence-electron chi connectivity index (χ0n) is 14.8. The number of halogens is 1. The second-order valence-electron chi connectivity index (χ2n) is 6.25. The van der Waals surface area contributed by atoms with Crippen molar-refractivity contribution in [2.45, 2.75) is 32.8 Å². The highest BCUT2D eigenvalue weighted by Crippen LogP contribution is 2.20. The summed E-state index contributed by atoms with van der Waals surface area (Å²) in [7, 11) is 0. The van der Waals surface area contributed by atoms with Crippen LogP contribution in [0.4, 0.5) is 5.69 Å². The molecule has 138 valence electrons. The molecule has 1 atom stereocenters. The Morgan fingerprint density at radius 3 is 2.76 bits per heavy atom. The number of carbonyl (C=O) groups excluding carboxylic acids is 2. The van der Waals surface area contributed by atoms with Gasteiger partial charge in [0, 0.05) is 23.9 Å². The Hall–Kier alpha value is -1.63. The molecule has 0 bridgehead atoms. The molecule has 6 nitrogen and oxygen atoms in total. The van der Waals surface area contributed by atoms with Gasteiger partial charge in [-0.15, -0.1) is 0 Å². The van der Waals surface area contributed by atoms with E-state index in [9.17, 15) is 9.59 Å². The first-order valence-electron chi connectivity index (χ1n) is 8.64. The van der Waals surface area contributed by atoms with E-state index in [1.807, 2.05) is 19.9 Å². The molecule has 7 heteroatoms. The van der Waals surface area contributed by atoms with Gasteiger partial charge in [-0.1, -0.05) is 24.6 Å². The Morgan fingerprint density at radius 2 is 2.08 bits per heavy atom. The second kappa shape index (κ2) is 9.75. The smallest absolute Gasteiger partial charge is 0.238 e. The van der Waals surface area contributed by atoms with Gasteiger partial charge in [0.1, 0.15) is 0 Å². The fraction of sp³-hybridized carbons (Fsp3) is 0.556. The molecule has 25 heavy (non-hydrogen) atoms. The summed E-state index contributed by atoms with van der Waals surface area (Å²) in [4.78, 5) is 26.1. The Bertz CT molecular complexity index is 603. The summed E-state index contributed by atoms with van der Waals surface area (Å²) in [5.41, 5.74) is 1.63. The van der Waals surface area contributed by atoms with E-state index < -0.39 is 0 Å². The van der Waals surface area contributed by atoms with Crippen molar-refractivity contribution in [3.05, 3.63) is 28.8 Å². The quantitative estimate of drug-likeness (QED) is 0.739. The lowest BCUT2D eigenvalue weighted by molar-refractivity contribution is -0.123. The van der Waals surface area contributed by atoms with Gasteiger partial charge in [-0.05, 0) is 44.0 Å². The number of nitrogens with one attached hydrogen (secondary N) is 2. The van der Waals surface area contributed by atoms with E-state index in [0.717, 1.165) is 25.0 Å². The summed E-state index contributed by atoms with van der Waals surface area (Å²) in [5, 5.41) is 6.29. The zero-order chi connectivity index (χ0) is 18.2. The number of ether oxygens (including phenoxy) is 1. The van der Waals surface area contributed by atoms with Gasteiger partial charge in [-0.2, -0.15) is 0 Å². The molecule has 1 aliphatic heterocycles. The molecule has 0 saturated carbocycles. The van der Waals surface area contributed by atoms with Crippen molar-refractivity contribution >= 4 is 29.1 Å². The van der Waals surface area contributed by atoms with Crippen LogP contribution in [0.1, 0.15) is 25.3 Å². The Morgan fingerprint density at radius 1 is 1.32 bits per heavy atom. The van der Waals surface area contributed by atoms with E-state index in [1.165, 1.54) is 0 Å². The van der Waals surface area contributed by atoms with Crippen molar-refractivity contribution in [3.8, 4) is 0 Å². The minimum absolute atomic E-state index is 0.0934. The van der Waals surface area contributed by atoms with Gasteiger partial charge in [0.05, 0.1) is 19.2 Å². The van der Waals surface area contributed by atoms with Crippen LogP contribution in [-0.4, -0.2) is 55.6 Å². The van der Waals surface area contributed by atoms with Crippen molar-refractivity contribution < 1.29 is 14.3 Å². The monoisotopic (exact) mass is 367 g/mol. The molecule has 1 heterocycles. The Kier molecular flexibility index (Phi) is 7.68. The first kappa shape index (κ1) is 19.7. The summed E-state index contributed by atoms with van der Waals surface area (Å²) in [6, 6.07) is 5.36. The normalized spacial score (nSPS) is 16.9. The van der Waals surface area contributed by atoms with Crippen LogP contribution in [0.15, 0.2) is 18.2 Å². The van der Waals surface area contributed by atoms with Crippen molar-refractivity contribution in [1.29, 1.82) is 0 Å². The molecule has 1 aliphatic rings. The first-order chi connectivity index (χ1) is 12.0. The number of nitrogens with zero attached hydrogens (tertiary/aromatic N) is 1. The number of aryl methyl sites for hydroxylation is 1. The van der Waals surface area contributed by atoms with E-state index in [0.29, 0.717) is 23.8 Å². The van der Waals surface area contributed by atoms with Crippen LogP contribution in [0.2, 0.25) is 5.02 Å². The molecule has 0 spiro atoms. The van der Waals surface area contributed by atoms with E-state index in [2.05, 4.69) is 10.6 Å². The second-order valence-corrected chi connectivity index (χ2v) is 6.69. The molecule has 0 aliphatic carbocycles. The standard InChI is InChI=1S/C18H26ClN3O3/c1-3-22(11-17(23)20-10-15-5-4-8-25-15)12-18(24)21-16-9-14(19)7-6-13(16)2/h6-7,9,15H,3-5,8,10-12H2,1-2H3,(H,20,23)(H,21,24)/t15-/m0/s1. The van der Waals surface area contributed by atoms with Crippen LogP contribution in [0.5, 0.6) is 0 Å². The van der Waals surface area contributed by atoms with Gasteiger partial charge < -0.3 is 15.4 Å². The molecule has 1 saturated heterocycles. The average Bonchev–Trinajstić information content (AvgIpc) is 3.09. The lowest BCUT2D eigenvalue weighted by Crippen LogP contribution is -2.42. The summed E-state index contributed by atoms with van der Waals surface area (Å²) in [5.74, 6) is -0.261. The number of carbonyl (C=O) groups is 2. The first-order valence-corrected chi connectivity index (χ1v) is 9.02. The third kappa shape index (κ3) is 6.65. The number of hydrogen-bond donors (Lipinski definition) is 2. The van der Waals surface area contributed by atoms with Crippen LogP contribution in [0.25, 0.3) is 0 Å². The summed E-state index contributed by atoms with van der Waals surface area (Å²) in [6.45, 7) is 6.07. The molecule has 0 unspecified atom stereocenters. The average molecular weight is 368 g/mol. The number of hydrogen-bond acceptors (Lipinski definition) is 4. The van der Waals surface area contributed by atoms with E-state index >= 15 is 0 Å². The van der Waals surface area contributed by atoms with E-state index in [1.54, 1.807) is 17.0 Å². The van der Waals surface area contributed by atoms with Crippen LogP contribution < -0.4 is 10.6 Å². The molecule has 2 amide bonds. The molecule has 2 rings (SSSR count). The minimum Gasteiger partial charge on any atom is -0.376 e. The van der Waals surface area contributed by atoms with E-state index in [4.69, 9.17) is 16.3 Å². The van der Waals surface area contributed by atoms with Gasteiger partial charge in [0.15, 0.2) is 0 Å². The van der Waals surface area contributed by atoms with E-state index in [-0.39, 0.29) is 31.0 Å². The lowest BCUT2D eigenvalue weighted by Gasteiger charge is -2.20. The molecule has 2 N–H and O–H groups in total. The number of likely N-dealkylation sites (N-methyl/N-ethyl adjacent to an activating group) is 1.